The maximum atomic E-state index is 13.4. The molecule has 1 heterocycles. The van der Waals surface area contributed by atoms with Gasteiger partial charge in [0.05, 0.1) is 6.04 Å². The van der Waals surface area contributed by atoms with Crippen LogP contribution in [0.25, 0.3) is 11.1 Å². The van der Waals surface area contributed by atoms with E-state index in [0.717, 1.165) is 42.5 Å². The van der Waals surface area contributed by atoms with Gasteiger partial charge in [0, 0.05) is 17.2 Å². The highest BCUT2D eigenvalue weighted by atomic mass is 19.4. The number of nitrogens with zero attached hydrogens (tertiary/aromatic N) is 1. The maximum Gasteiger partial charge on any atom is 0.573 e. The van der Waals surface area contributed by atoms with Gasteiger partial charge in [-0.3, -0.25) is 9.79 Å². The van der Waals surface area contributed by atoms with Crippen molar-refractivity contribution < 1.29 is 27.4 Å². The molecule has 1 aliphatic carbocycles. The van der Waals surface area contributed by atoms with E-state index in [1.807, 2.05) is 31.2 Å². The number of Topliss-reactive ketones (excluding diaryl/α,β-unsaturated/α-hetero) is 1. The molecule has 1 atom stereocenters. The summed E-state index contributed by atoms with van der Waals surface area (Å²) in [6.07, 6.45) is -0.700. The highest BCUT2D eigenvalue weighted by Crippen LogP contribution is 2.40. The Hall–Kier alpha value is -3.61. The maximum absolute atomic E-state index is 13.4. The molecule has 1 unspecified atom stereocenters. The predicted molar refractivity (Wildman–Crippen MR) is 136 cm³/mol. The molecule has 1 saturated carbocycles. The van der Waals surface area contributed by atoms with E-state index >= 15 is 0 Å². The van der Waals surface area contributed by atoms with Crippen LogP contribution in [0, 0.1) is 12.8 Å². The van der Waals surface area contributed by atoms with Crippen LogP contribution in [0.3, 0.4) is 0 Å². The van der Waals surface area contributed by atoms with E-state index in [-0.39, 0.29) is 24.1 Å². The zero-order chi connectivity index (χ0) is 26.0. The molecule has 2 aliphatic rings. The Balaban J connectivity index is 1.41. The van der Waals surface area contributed by atoms with Crippen LogP contribution >= 0.6 is 0 Å². The van der Waals surface area contributed by atoms with E-state index in [2.05, 4.69) is 4.74 Å². The van der Waals surface area contributed by atoms with Gasteiger partial charge in [-0.15, -0.1) is 13.2 Å². The number of hydrogen-bond acceptors (Lipinski definition) is 4. The van der Waals surface area contributed by atoms with Gasteiger partial charge in [0.25, 0.3) is 0 Å². The van der Waals surface area contributed by atoms with Crippen molar-refractivity contribution in [2.75, 3.05) is 6.61 Å². The normalized spacial score (nSPS) is 17.7. The third-order valence-corrected chi connectivity index (χ3v) is 6.86. The quantitative estimate of drug-likeness (QED) is 0.315. The second kappa shape index (κ2) is 10.4. The van der Waals surface area contributed by atoms with E-state index in [9.17, 15) is 18.0 Å². The molecule has 5 rings (SSSR count). The molecule has 0 N–H and O–H groups in total. The van der Waals surface area contributed by atoms with Gasteiger partial charge in [-0.2, -0.15) is 0 Å². The van der Waals surface area contributed by atoms with Crippen LogP contribution in [0.2, 0.25) is 0 Å². The van der Waals surface area contributed by atoms with Crippen LogP contribution < -0.4 is 9.47 Å². The summed E-state index contributed by atoms with van der Waals surface area (Å²) in [6.45, 7) is 2.05. The summed E-state index contributed by atoms with van der Waals surface area (Å²) >= 11 is 0. The van der Waals surface area contributed by atoms with Crippen LogP contribution in [-0.2, 0) is 4.79 Å². The minimum Gasteiger partial charge on any atom is -0.486 e. The van der Waals surface area contributed by atoms with Gasteiger partial charge in [-0.05, 0) is 79.5 Å². The first-order chi connectivity index (χ1) is 17.8. The Bertz CT molecular complexity index is 1310. The molecule has 0 aromatic heterocycles. The number of carbonyl (C=O) groups is 1. The van der Waals surface area contributed by atoms with Crippen molar-refractivity contribution in [3.05, 3.63) is 83.4 Å². The van der Waals surface area contributed by atoms with Crippen LogP contribution in [0.15, 0.2) is 71.7 Å². The summed E-state index contributed by atoms with van der Waals surface area (Å²) in [5, 5.41) is 0. The number of aryl methyl sites for hydroxylation is 1. The zero-order valence-corrected chi connectivity index (χ0v) is 20.6. The molecule has 1 aliphatic heterocycles. The van der Waals surface area contributed by atoms with Crippen LogP contribution in [0.5, 0.6) is 11.5 Å². The lowest BCUT2D eigenvalue weighted by Gasteiger charge is -2.24. The Labute approximate surface area is 214 Å². The summed E-state index contributed by atoms with van der Waals surface area (Å²) in [5.41, 5.74) is 4.75. The summed E-state index contributed by atoms with van der Waals surface area (Å²) in [7, 11) is 0. The molecule has 3 aromatic rings. The first-order valence-electron chi connectivity index (χ1n) is 12.5. The summed E-state index contributed by atoms with van der Waals surface area (Å²) in [4.78, 5) is 16.7. The Morgan fingerprint density at radius 2 is 1.70 bits per heavy atom. The molecule has 3 aromatic carbocycles. The smallest absolute Gasteiger partial charge is 0.486 e. The first kappa shape index (κ1) is 25.1. The van der Waals surface area contributed by atoms with Gasteiger partial charge in [-0.25, -0.2) is 0 Å². The van der Waals surface area contributed by atoms with Gasteiger partial charge in [0.1, 0.15) is 18.1 Å². The molecule has 0 amide bonds. The number of rotatable bonds is 8. The minimum atomic E-state index is -4.82. The fraction of sp³-hybridized carbons (Fsp3) is 0.333. The fourth-order valence-corrected chi connectivity index (χ4v) is 4.73. The second-order valence-corrected chi connectivity index (χ2v) is 9.65. The average Bonchev–Trinajstić information content (AvgIpc) is 3.73. The molecule has 4 nitrogen and oxygen atoms in total. The average molecular weight is 508 g/mol. The Kier molecular flexibility index (Phi) is 7.04. The molecule has 1 fully saturated rings. The number of ketones is 1. The predicted octanol–water partition coefficient (Wildman–Crippen LogP) is 7.63. The standard InChI is InChI=1S/C30H28F3NO3/c1-19-5-2-3-6-24(19)26-7-4-8-27(34-26)25-16-13-22(17-29(25)37-30(31,32)33)20-11-14-23(15-12-20)36-18-28(35)21-9-10-21/h2-3,5-6,11-17,21,27H,4,7-10,18H2,1H3. The van der Waals surface area contributed by atoms with E-state index in [4.69, 9.17) is 9.73 Å². The second-order valence-electron chi connectivity index (χ2n) is 9.65. The zero-order valence-electron chi connectivity index (χ0n) is 20.6. The van der Waals surface area contributed by atoms with Crippen molar-refractivity contribution in [1.82, 2.24) is 0 Å². The van der Waals surface area contributed by atoms with Crippen LogP contribution in [0.4, 0.5) is 13.2 Å². The van der Waals surface area contributed by atoms with Gasteiger partial charge in [-0.1, -0.05) is 48.5 Å². The van der Waals surface area contributed by atoms with E-state index in [1.54, 1.807) is 36.4 Å². The summed E-state index contributed by atoms with van der Waals surface area (Å²) in [5.74, 6) is 0.539. The number of benzene rings is 3. The summed E-state index contributed by atoms with van der Waals surface area (Å²) in [6, 6.07) is 19.4. The fourth-order valence-electron chi connectivity index (χ4n) is 4.73. The van der Waals surface area contributed by atoms with Gasteiger partial charge >= 0.3 is 6.36 Å². The van der Waals surface area contributed by atoms with E-state index < -0.39 is 12.4 Å². The Morgan fingerprint density at radius 3 is 2.41 bits per heavy atom. The number of carbonyl (C=O) groups excluding carboxylic acids is 1. The number of hydrogen-bond donors (Lipinski definition) is 0. The molecule has 0 bridgehead atoms. The number of alkyl halides is 3. The lowest BCUT2D eigenvalue weighted by Crippen LogP contribution is -2.19. The lowest BCUT2D eigenvalue weighted by molar-refractivity contribution is -0.275. The SMILES string of the molecule is Cc1ccccc1C1=NC(c2ccc(-c3ccc(OCC(=O)C4CC4)cc3)cc2OC(F)(F)F)CCC1. The topological polar surface area (TPSA) is 47.9 Å². The molecular formula is C30H28F3NO3. The third-order valence-electron chi connectivity index (χ3n) is 6.86. The van der Waals surface area contributed by atoms with Gasteiger partial charge < -0.3 is 9.47 Å². The van der Waals surface area contributed by atoms with Crippen molar-refractivity contribution in [2.45, 2.75) is 51.4 Å². The van der Waals surface area contributed by atoms with Crippen molar-refractivity contribution in [3.63, 3.8) is 0 Å². The molecule has 37 heavy (non-hydrogen) atoms. The van der Waals surface area contributed by atoms with E-state index in [0.29, 0.717) is 28.9 Å². The molecular weight excluding hydrogens is 479 g/mol. The number of aliphatic imine (C=N–C) groups is 1. The molecule has 0 radical (unpaired) electrons. The molecule has 192 valence electrons. The largest absolute Gasteiger partial charge is 0.573 e. The highest BCUT2D eigenvalue weighted by Gasteiger charge is 2.34. The highest BCUT2D eigenvalue weighted by molar-refractivity contribution is 6.02. The van der Waals surface area contributed by atoms with Gasteiger partial charge in [0.15, 0.2) is 5.78 Å². The van der Waals surface area contributed by atoms with Crippen molar-refractivity contribution >= 4 is 11.5 Å². The monoisotopic (exact) mass is 507 g/mol. The van der Waals surface area contributed by atoms with Crippen molar-refractivity contribution in [2.24, 2.45) is 10.9 Å². The molecule has 0 saturated heterocycles. The Morgan fingerprint density at radius 1 is 0.973 bits per heavy atom. The summed E-state index contributed by atoms with van der Waals surface area (Å²) < 4.78 is 50.2. The van der Waals surface area contributed by atoms with Crippen molar-refractivity contribution in [3.8, 4) is 22.6 Å². The number of ether oxygens (including phenoxy) is 2. The van der Waals surface area contributed by atoms with Crippen molar-refractivity contribution in [1.29, 1.82) is 0 Å². The van der Waals surface area contributed by atoms with E-state index in [1.165, 1.54) is 6.07 Å². The van der Waals surface area contributed by atoms with Crippen LogP contribution in [0.1, 0.15) is 54.8 Å². The number of halogens is 3. The lowest BCUT2D eigenvalue weighted by atomic mass is 9.91. The third kappa shape index (κ3) is 6.21. The minimum absolute atomic E-state index is 0.0364. The molecule has 7 heteroatoms. The molecule has 0 spiro atoms. The first-order valence-corrected chi connectivity index (χ1v) is 12.5. The van der Waals surface area contributed by atoms with Gasteiger partial charge in [0.2, 0.25) is 0 Å². The van der Waals surface area contributed by atoms with Crippen LogP contribution in [-0.4, -0.2) is 24.5 Å².